The summed E-state index contributed by atoms with van der Waals surface area (Å²) < 4.78 is 46.2. The zero-order valence-corrected chi connectivity index (χ0v) is 15.6. The molecule has 0 amide bonds. The van der Waals surface area contributed by atoms with E-state index in [2.05, 4.69) is 10.1 Å². The lowest BCUT2D eigenvalue weighted by Crippen LogP contribution is -2.07. The van der Waals surface area contributed by atoms with Crippen molar-refractivity contribution in [2.45, 2.75) is 10.6 Å². The van der Waals surface area contributed by atoms with Crippen LogP contribution in [0.5, 0.6) is 17.2 Å². The van der Waals surface area contributed by atoms with Crippen LogP contribution < -0.4 is 14.2 Å². The Hall–Kier alpha value is -2.78. The van der Waals surface area contributed by atoms with E-state index in [0.29, 0.717) is 17.1 Å². The molecule has 0 aliphatic carbocycles. The van der Waals surface area contributed by atoms with E-state index in [1.54, 1.807) is 24.3 Å². The van der Waals surface area contributed by atoms with Crippen molar-refractivity contribution in [1.82, 2.24) is 10.1 Å². The Balaban J connectivity index is 1.62. The Morgan fingerprint density at radius 1 is 1.15 bits per heavy atom. The molecular formula is C17H13ClN2O6S. The molecule has 10 heteroatoms. The fraction of sp³-hybridized carbons (Fsp3) is 0.176. The minimum atomic E-state index is -3.81. The lowest BCUT2D eigenvalue weighted by Gasteiger charge is -2.08. The fourth-order valence-electron chi connectivity index (χ4n) is 2.60. The molecule has 27 heavy (non-hydrogen) atoms. The fourth-order valence-corrected chi connectivity index (χ4v) is 4.20. The molecule has 2 heterocycles. The SMILES string of the molecule is COc1ccc(Cl)cc1S(=O)(=O)Cc1nc(-c2ccc3c(c2)OCO3)no1. The monoisotopic (exact) mass is 408 g/mol. The summed E-state index contributed by atoms with van der Waals surface area (Å²) in [6, 6.07) is 9.51. The Labute approximate surface area is 159 Å². The van der Waals surface area contributed by atoms with Crippen LogP contribution in [0.4, 0.5) is 0 Å². The van der Waals surface area contributed by atoms with Crippen LogP contribution in [-0.2, 0) is 15.6 Å². The number of rotatable bonds is 5. The minimum absolute atomic E-state index is 0.0414. The number of sulfone groups is 1. The van der Waals surface area contributed by atoms with Gasteiger partial charge in [-0.15, -0.1) is 0 Å². The molecule has 0 radical (unpaired) electrons. The standard InChI is InChI=1S/C17H13ClN2O6S/c1-23-13-5-3-11(18)7-15(13)27(21,22)8-16-19-17(20-26-16)10-2-4-12-14(6-10)25-9-24-12/h2-7H,8-9H2,1H3. The Morgan fingerprint density at radius 3 is 2.78 bits per heavy atom. The van der Waals surface area contributed by atoms with Crippen molar-refractivity contribution >= 4 is 21.4 Å². The van der Waals surface area contributed by atoms with Gasteiger partial charge in [0.05, 0.1) is 7.11 Å². The summed E-state index contributed by atoms with van der Waals surface area (Å²) in [5.74, 6) is 1.09. The molecule has 140 valence electrons. The third-order valence-electron chi connectivity index (χ3n) is 3.87. The van der Waals surface area contributed by atoms with Crippen molar-refractivity contribution in [1.29, 1.82) is 0 Å². The van der Waals surface area contributed by atoms with Crippen molar-refractivity contribution < 1.29 is 27.2 Å². The van der Waals surface area contributed by atoms with E-state index in [-0.39, 0.29) is 34.2 Å². The summed E-state index contributed by atoms with van der Waals surface area (Å²) in [4.78, 5) is 4.13. The molecule has 0 saturated heterocycles. The summed E-state index contributed by atoms with van der Waals surface area (Å²) in [7, 11) is -2.43. The number of aromatic nitrogens is 2. The minimum Gasteiger partial charge on any atom is -0.495 e. The molecule has 0 fully saturated rings. The van der Waals surface area contributed by atoms with Crippen molar-refractivity contribution in [2.24, 2.45) is 0 Å². The second-order valence-corrected chi connectivity index (χ2v) is 8.03. The van der Waals surface area contributed by atoms with Crippen LogP contribution in [-0.4, -0.2) is 32.5 Å². The van der Waals surface area contributed by atoms with Gasteiger partial charge < -0.3 is 18.7 Å². The van der Waals surface area contributed by atoms with Gasteiger partial charge in [0.25, 0.3) is 0 Å². The highest BCUT2D eigenvalue weighted by atomic mass is 35.5. The Bertz CT molecular complexity index is 1110. The van der Waals surface area contributed by atoms with Gasteiger partial charge in [0.15, 0.2) is 21.3 Å². The predicted molar refractivity (Wildman–Crippen MR) is 94.8 cm³/mol. The highest BCUT2D eigenvalue weighted by Crippen LogP contribution is 2.35. The van der Waals surface area contributed by atoms with Gasteiger partial charge in [0, 0.05) is 10.6 Å². The van der Waals surface area contributed by atoms with Crippen LogP contribution in [0.25, 0.3) is 11.4 Å². The number of ether oxygens (including phenoxy) is 3. The predicted octanol–water partition coefficient (Wildman–Crippen LogP) is 3.10. The average molecular weight is 409 g/mol. The van der Waals surface area contributed by atoms with Crippen LogP contribution in [0.1, 0.15) is 5.89 Å². The van der Waals surface area contributed by atoms with Crippen molar-refractivity contribution in [3.05, 3.63) is 47.3 Å². The molecule has 2 aromatic carbocycles. The molecule has 0 saturated carbocycles. The zero-order valence-electron chi connectivity index (χ0n) is 14.0. The molecule has 1 aliphatic heterocycles. The molecule has 0 unspecified atom stereocenters. The quantitative estimate of drug-likeness (QED) is 0.634. The molecule has 3 aromatic rings. The number of fused-ring (bicyclic) bond motifs is 1. The topological polar surface area (TPSA) is 101 Å². The first kappa shape index (κ1) is 17.6. The van der Waals surface area contributed by atoms with E-state index >= 15 is 0 Å². The largest absolute Gasteiger partial charge is 0.495 e. The molecule has 8 nitrogen and oxygen atoms in total. The normalized spacial score (nSPS) is 13.0. The second-order valence-electron chi connectivity index (χ2n) is 5.63. The van der Waals surface area contributed by atoms with Gasteiger partial charge in [-0.1, -0.05) is 16.8 Å². The maximum atomic E-state index is 12.7. The lowest BCUT2D eigenvalue weighted by atomic mass is 10.2. The number of benzene rings is 2. The first-order valence-electron chi connectivity index (χ1n) is 7.75. The number of hydrogen-bond donors (Lipinski definition) is 0. The van der Waals surface area contributed by atoms with E-state index in [1.807, 2.05) is 0 Å². The summed E-state index contributed by atoms with van der Waals surface area (Å²) in [5, 5.41) is 4.12. The summed E-state index contributed by atoms with van der Waals surface area (Å²) >= 11 is 5.92. The van der Waals surface area contributed by atoms with E-state index in [0.717, 1.165) is 0 Å². The maximum Gasteiger partial charge on any atom is 0.242 e. The summed E-state index contributed by atoms with van der Waals surface area (Å²) in [6.07, 6.45) is 0. The molecule has 0 spiro atoms. The third kappa shape index (κ3) is 3.43. The lowest BCUT2D eigenvalue weighted by molar-refractivity contribution is 0.174. The number of hydrogen-bond acceptors (Lipinski definition) is 8. The van der Waals surface area contributed by atoms with Crippen molar-refractivity contribution in [3.63, 3.8) is 0 Å². The van der Waals surface area contributed by atoms with Gasteiger partial charge in [-0.05, 0) is 36.4 Å². The van der Waals surface area contributed by atoms with Crippen LogP contribution in [0.15, 0.2) is 45.8 Å². The van der Waals surface area contributed by atoms with Gasteiger partial charge in [0.1, 0.15) is 16.4 Å². The molecular weight excluding hydrogens is 396 g/mol. The summed E-state index contributed by atoms with van der Waals surface area (Å²) in [6.45, 7) is 0.149. The second kappa shape index (κ2) is 6.75. The first-order valence-corrected chi connectivity index (χ1v) is 9.78. The first-order chi connectivity index (χ1) is 13.0. The van der Waals surface area contributed by atoms with Crippen LogP contribution in [0.3, 0.4) is 0 Å². The molecule has 0 N–H and O–H groups in total. The Kier molecular flexibility index (Phi) is 4.40. The smallest absolute Gasteiger partial charge is 0.242 e. The molecule has 0 bridgehead atoms. The number of nitrogens with zero attached hydrogens (tertiary/aromatic N) is 2. The molecule has 1 aromatic heterocycles. The van der Waals surface area contributed by atoms with Gasteiger partial charge in [-0.3, -0.25) is 0 Å². The number of halogens is 1. The van der Waals surface area contributed by atoms with E-state index in [1.165, 1.54) is 19.2 Å². The van der Waals surface area contributed by atoms with Crippen molar-refractivity contribution in [2.75, 3.05) is 13.9 Å². The van der Waals surface area contributed by atoms with Gasteiger partial charge >= 0.3 is 0 Å². The highest BCUT2D eigenvalue weighted by molar-refractivity contribution is 7.90. The third-order valence-corrected chi connectivity index (χ3v) is 5.72. The van der Waals surface area contributed by atoms with E-state index in [9.17, 15) is 8.42 Å². The highest BCUT2D eigenvalue weighted by Gasteiger charge is 2.25. The van der Waals surface area contributed by atoms with Crippen LogP contribution in [0, 0.1) is 0 Å². The van der Waals surface area contributed by atoms with Crippen LogP contribution >= 0.6 is 11.6 Å². The average Bonchev–Trinajstić information content (AvgIpc) is 3.29. The molecule has 4 rings (SSSR count). The Morgan fingerprint density at radius 2 is 1.96 bits per heavy atom. The van der Waals surface area contributed by atoms with Gasteiger partial charge in [0.2, 0.25) is 18.5 Å². The van der Waals surface area contributed by atoms with E-state index in [4.69, 9.17) is 30.3 Å². The zero-order chi connectivity index (χ0) is 19.0. The maximum absolute atomic E-state index is 12.7. The van der Waals surface area contributed by atoms with E-state index < -0.39 is 15.6 Å². The number of methoxy groups -OCH3 is 1. The summed E-state index contributed by atoms with van der Waals surface area (Å²) in [5.41, 5.74) is 0.618. The van der Waals surface area contributed by atoms with Crippen molar-refractivity contribution in [3.8, 4) is 28.6 Å². The molecule has 0 atom stereocenters. The van der Waals surface area contributed by atoms with Crippen LogP contribution in [0.2, 0.25) is 5.02 Å². The van der Waals surface area contributed by atoms with Gasteiger partial charge in [-0.2, -0.15) is 4.98 Å². The molecule has 1 aliphatic rings. The van der Waals surface area contributed by atoms with Gasteiger partial charge in [-0.25, -0.2) is 8.42 Å².